The van der Waals surface area contributed by atoms with E-state index < -0.39 is 12.1 Å². The zero-order valence-corrected chi connectivity index (χ0v) is 19.7. The number of ether oxygens (including phenoxy) is 1. The minimum absolute atomic E-state index is 0.189. The van der Waals surface area contributed by atoms with Gasteiger partial charge in [0.05, 0.1) is 12.5 Å². The van der Waals surface area contributed by atoms with Gasteiger partial charge in [-0.3, -0.25) is 10.1 Å². The van der Waals surface area contributed by atoms with Gasteiger partial charge >= 0.3 is 12.1 Å². The summed E-state index contributed by atoms with van der Waals surface area (Å²) in [5, 5.41) is 16.7. The van der Waals surface area contributed by atoms with Crippen LogP contribution in [0.4, 0.5) is 10.5 Å². The first-order valence-electron chi connectivity index (χ1n) is 11.4. The molecule has 4 rings (SSSR count). The molecular formula is C26H27ClN2O5. The van der Waals surface area contributed by atoms with Crippen molar-refractivity contribution in [1.29, 1.82) is 0 Å². The third kappa shape index (κ3) is 5.59. The van der Waals surface area contributed by atoms with Crippen LogP contribution in [0.3, 0.4) is 0 Å². The second-order valence-corrected chi connectivity index (χ2v) is 8.98. The van der Waals surface area contributed by atoms with Crippen molar-refractivity contribution in [3.63, 3.8) is 0 Å². The van der Waals surface area contributed by atoms with Gasteiger partial charge < -0.3 is 14.4 Å². The molecule has 0 radical (unpaired) electrons. The van der Waals surface area contributed by atoms with E-state index in [1.807, 2.05) is 42.5 Å². The summed E-state index contributed by atoms with van der Waals surface area (Å²) in [7, 11) is 0. The maximum atomic E-state index is 12.4. The molecule has 1 heterocycles. The van der Waals surface area contributed by atoms with E-state index in [2.05, 4.69) is 10.5 Å². The van der Waals surface area contributed by atoms with Crippen LogP contribution in [0.5, 0.6) is 0 Å². The zero-order valence-electron chi connectivity index (χ0n) is 18.9. The predicted molar refractivity (Wildman–Crippen MR) is 129 cm³/mol. The molecule has 2 N–H and O–H groups in total. The number of carboxylic acids is 1. The van der Waals surface area contributed by atoms with Gasteiger partial charge in [-0.05, 0) is 55.7 Å². The number of aliphatic carboxylic acids is 1. The van der Waals surface area contributed by atoms with E-state index in [1.165, 1.54) is 5.56 Å². The summed E-state index contributed by atoms with van der Waals surface area (Å²) >= 11 is 6.14. The number of amides is 1. The Morgan fingerprint density at radius 1 is 1.12 bits per heavy atom. The summed E-state index contributed by atoms with van der Waals surface area (Å²) in [5.74, 6) is -0.0900. The Hall–Kier alpha value is -3.32. The van der Waals surface area contributed by atoms with E-state index in [4.69, 9.17) is 20.9 Å². The highest BCUT2D eigenvalue weighted by atomic mass is 35.5. The molecule has 1 fully saturated rings. The lowest BCUT2D eigenvalue weighted by Gasteiger charge is -2.26. The van der Waals surface area contributed by atoms with Gasteiger partial charge in [-0.2, -0.15) is 0 Å². The fraction of sp³-hybridized carbons (Fsp3) is 0.346. The number of hydrogen-bond donors (Lipinski definition) is 2. The molecule has 1 aliphatic rings. The summed E-state index contributed by atoms with van der Waals surface area (Å²) in [6.07, 6.45) is 3.07. The number of aromatic nitrogens is 1. The van der Waals surface area contributed by atoms with Crippen molar-refractivity contribution < 1.29 is 24.0 Å². The fourth-order valence-electron chi connectivity index (χ4n) is 4.40. The molecule has 1 amide bonds. The Labute approximate surface area is 203 Å². The molecule has 0 saturated heterocycles. The van der Waals surface area contributed by atoms with Gasteiger partial charge in [0.2, 0.25) is 0 Å². The molecule has 178 valence electrons. The highest BCUT2D eigenvalue weighted by molar-refractivity contribution is 6.31. The minimum atomic E-state index is -0.697. The molecular weight excluding hydrogens is 456 g/mol. The molecule has 0 bridgehead atoms. The lowest BCUT2D eigenvalue weighted by atomic mass is 9.78. The fourth-order valence-corrected chi connectivity index (χ4v) is 4.63. The van der Waals surface area contributed by atoms with Crippen LogP contribution in [0.2, 0.25) is 5.02 Å². The van der Waals surface area contributed by atoms with E-state index in [0.717, 1.165) is 24.0 Å². The largest absolute Gasteiger partial charge is 0.481 e. The van der Waals surface area contributed by atoms with E-state index >= 15 is 0 Å². The second kappa shape index (κ2) is 10.7. The normalized spacial score (nSPS) is 17.8. The summed E-state index contributed by atoms with van der Waals surface area (Å²) in [6.45, 7) is 1.92. The SMILES string of the molecule is Cc1onc(-c2ccc(C3CCC(C(=O)O)CC3)cc2)c1NC(=O)OCCc1ccccc1Cl. The second-order valence-electron chi connectivity index (χ2n) is 8.57. The molecule has 1 saturated carbocycles. The highest BCUT2D eigenvalue weighted by Crippen LogP contribution is 2.37. The standard InChI is InChI=1S/C26H27ClN2O5/c1-16-23(28-26(32)33-15-14-19-4-2-3-5-22(19)27)24(29-34-16)20-10-6-17(7-11-20)18-8-12-21(13-9-18)25(30)31/h2-7,10-11,18,21H,8-9,12-15H2,1H3,(H,28,32)(H,30,31). The zero-order chi connectivity index (χ0) is 24.1. The lowest BCUT2D eigenvalue weighted by molar-refractivity contribution is -0.142. The Morgan fingerprint density at radius 3 is 2.50 bits per heavy atom. The molecule has 8 heteroatoms. The Morgan fingerprint density at radius 2 is 1.82 bits per heavy atom. The van der Waals surface area contributed by atoms with Gasteiger partial charge in [0, 0.05) is 17.0 Å². The Kier molecular flexibility index (Phi) is 7.53. The number of aryl methyl sites for hydroxylation is 1. The van der Waals surface area contributed by atoms with Crippen molar-refractivity contribution in [3.05, 3.63) is 70.4 Å². The van der Waals surface area contributed by atoms with Crippen LogP contribution in [0, 0.1) is 12.8 Å². The Bertz CT molecular complexity index is 1150. The van der Waals surface area contributed by atoms with E-state index in [9.17, 15) is 14.7 Å². The van der Waals surface area contributed by atoms with Gasteiger partial charge in [-0.15, -0.1) is 0 Å². The summed E-state index contributed by atoms with van der Waals surface area (Å²) < 4.78 is 10.7. The van der Waals surface area contributed by atoms with Crippen LogP contribution in [-0.4, -0.2) is 28.9 Å². The number of halogens is 1. The number of nitrogens with one attached hydrogen (secondary N) is 1. The smallest absolute Gasteiger partial charge is 0.411 e. The summed E-state index contributed by atoms with van der Waals surface area (Å²) in [5.41, 5.74) is 3.90. The molecule has 1 aromatic heterocycles. The van der Waals surface area contributed by atoms with Gasteiger partial charge in [0.25, 0.3) is 0 Å². The Balaban J connectivity index is 1.37. The van der Waals surface area contributed by atoms with Gasteiger partial charge in [-0.25, -0.2) is 4.79 Å². The van der Waals surface area contributed by atoms with E-state index in [0.29, 0.717) is 47.3 Å². The van der Waals surface area contributed by atoms with Crippen LogP contribution in [0.25, 0.3) is 11.3 Å². The number of carbonyl (C=O) groups is 2. The first kappa shape index (κ1) is 23.8. The van der Waals surface area contributed by atoms with Crippen molar-refractivity contribution in [2.24, 2.45) is 5.92 Å². The molecule has 34 heavy (non-hydrogen) atoms. The maximum Gasteiger partial charge on any atom is 0.411 e. The van der Waals surface area contributed by atoms with Crippen molar-refractivity contribution in [2.75, 3.05) is 11.9 Å². The average Bonchev–Trinajstić information content (AvgIpc) is 3.20. The summed E-state index contributed by atoms with van der Waals surface area (Å²) in [6, 6.07) is 15.4. The average molecular weight is 483 g/mol. The van der Waals surface area contributed by atoms with Crippen LogP contribution in [-0.2, 0) is 16.0 Å². The van der Waals surface area contributed by atoms with Gasteiger partial charge in [0.15, 0.2) is 5.76 Å². The van der Waals surface area contributed by atoms with E-state index in [1.54, 1.807) is 13.0 Å². The molecule has 0 aliphatic heterocycles. The number of carbonyl (C=O) groups excluding carboxylic acids is 1. The van der Waals surface area contributed by atoms with Gasteiger partial charge in [-0.1, -0.05) is 59.2 Å². The lowest BCUT2D eigenvalue weighted by Crippen LogP contribution is -2.20. The maximum absolute atomic E-state index is 12.4. The molecule has 0 atom stereocenters. The van der Waals surface area contributed by atoms with Crippen molar-refractivity contribution >= 4 is 29.4 Å². The highest BCUT2D eigenvalue weighted by Gasteiger charge is 2.27. The third-order valence-corrected chi connectivity index (χ3v) is 6.75. The van der Waals surface area contributed by atoms with Crippen LogP contribution in [0.15, 0.2) is 53.1 Å². The third-order valence-electron chi connectivity index (χ3n) is 6.38. The number of rotatable bonds is 7. The van der Waals surface area contributed by atoms with E-state index in [-0.39, 0.29) is 12.5 Å². The monoisotopic (exact) mass is 482 g/mol. The topological polar surface area (TPSA) is 102 Å². The quantitative estimate of drug-likeness (QED) is 0.401. The van der Waals surface area contributed by atoms with Crippen molar-refractivity contribution in [3.8, 4) is 11.3 Å². The number of carboxylic acid groups (broad SMARTS) is 1. The van der Waals surface area contributed by atoms with Crippen LogP contribution in [0.1, 0.15) is 48.5 Å². The van der Waals surface area contributed by atoms with Gasteiger partial charge in [0.1, 0.15) is 11.4 Å². The van der Waals surface area contributed by atoms with Crippen LogP contribution < -0.4 is 5.32 Å². The van der Waals surface area contributed by atoms with Crippen LogP contribution >= 0.6 is 11.6 Å². The molecule has 7 nitrogen and oxygen atoms in total. The number of nitrogens with zero attached hydrogens (tertiary/aromatic N) is 1. The molecule has 0 spiro atoms. The molecule has 1 aliphatic carbocycles. The van der Waals surface area contributed by atoms with Crippen molar-refractivity contribution in [2.45, 2.75) is 44.9 Å². The minimum Gasteiger partial charge on any atom is -0.481 e. The number of benzene rings is 2. The number of anilines is 1. The molecule has 2 aromatic carbocycles. The summed E-state index contributed by atoms with van der Waals surface area (Å²) in [4.78, 5) is 23.6. The first-order chi connectivity index (χ1) is 16.4. The first-order valence-corrected chi connectivity index (χ1v) is 11.8. The number of hydrogen-bond acceptors (Lipinski definition) is 5. The van der Waals surface area contributed by atoms with Crippen molar-refractivity contribution in [1.82, 2.24) is 5.16 Å². The molecule has 0 unspecified atom stereocenters. The predicted octanol–water partition coefficient (Wildman–Crippen LogP) is 6.45. The molecule has 3 aromatic rings.